The van der Waals surface area contributed by atoms with Crippen LogP contribution in [0.3, 0.4) is 0 Å². The second-order valence-corrected chi connectivity index (χ2v) is 4.64. The zero-order valence-corrected chi connectivity index (χ0v) is 10.9. The number of hydrogen-bond donors (Lipinski definition) is 0. The summed E-state index contributed by atoms with van der Waals surface area (Å²) in [6.45, 7) is 0.128. The molecule has 6 heteroatoms. The van der Waals surface area contributed by atoms with Gasteiger partial charge in [0, 0.05) is 6.07 Å². The number of nitro groups is 1. The van der Waals surface area contributed by atoms with Crippen LogP contribution in [0.1, 0.15) is 15.9 Å². The summed E-state index contributed by atoms with van der Waals surface area (Å²) < 4.78 is 0. The average molecular weight is 282 g/mol. The van der Waals surface area contributed by atoms with Crippen LogP contribution in [0.4, 0.5) is 11.4 Å². The SMILES string of the molecule is O=C1C(=O)N(Cc2ccccc2)c2c1cccc2[N+](=O)[O-]. The molecule has 1 heterocycles. The van der Waals surface area contributed by atoms with Crippen molar-refractivity contribution >= 4 is 23.1 Å². The van der Waals surface area contributed by atoms with E-state index in [1.54, 1.807) is 24.3 Å². The van der Waals surface area contributed by atoms with Crippen molar-refractivity contribution in [3.8, 4) is 0 Å². The van der Waals surface area contributed by atoms with Gasteiger partial charge in [0.1, 0.15) is 5.69 Å². The lowest BCUT2D eigenvalue weighted by atomic mass is 10.1. The number of amides is 1. The van der Waals surface area contributed by atoms with Crippen LogP contribution in [0.2, 0.25) is 0 Å². The fourth-order valence-corrected chi connectivity index (χ4v) is 2.40. The Kier molecular flexibility index (Phi) is 2.98. The van der Waals surface area contributed by atoms with Crippen molar-refractivity contribution in [2.45, 2.75) is 6.54 Å². The topological polar surface area (TPSA) is 80.5 Å². The van der Waals surface area contributed by atoms with Crippen LogP contribution >= 0.6 is 0 Å². The fourth-order valence-electron chi connectivity index (χ4n) is 2.40. The maximum atomic E-state index is 12.1. The number of carbonyl (C=O) groups is 2. The normalized spacial score (nSPS) is 13.4. The number of nitro benzene ring substituents is 1. The number of benzene rings is 2. The Labute approximate surface area is 119 Å². The van der Waals surface area contributed by atoms with E-state index in [4.69, 9.17) is 0 Å². The Morgan fingerprint density at radius 1 is 1.00 bits per heavy atom. The zero-order valence-electron chi connectivity index (χ0n) is 10.9. The third kappa shape index (κ3) is 2.06. The summed E-state index contributed by atoms with van der Waals surface area (Å²) in [7, 11) is 0. The monoisotopic (exact) mass is 282 g/mol. The van der Waals surface area contributed by atoms with Crippen molar-refractivity contribution in [1.29, 1.82) is 0 Å². The minimum absolute atomic E-state index is 0.0846. The van der Waals surface area contributed by atoms with Crippen molar-refractivity contribution < 1.29 is 14.5 Å². The maximum absolute atomic E-state index is 12.1. The van der Waals surface area contributed by atoms with E-state index in [-0.39, 0.29) is 23.5 Å². The summed E-state index contributed by atoms with van der Waals surface area (Å²) in [6, 6.07) is 13.2. The summed E-state index contributed by atoms with van der Waals surface area (Å²) in [4.78, 5) is 35.8. The number of para-hydroxylation sites is 1. The lowest BCUT2D eigenvalue weighted by molar-refractivity contribution is -0.384. The van der Waals surface area contributed by atoms with Crippen LogP contribution in [-0.2, 0) is 11.3 Å². The third-order valence-electron chi connectivity index (χ3n) is 3.35. The van der Waals surface area contributed by atoms with Crippen LogP contribution in [0.15, 0.2) is 48.5 Å². The molecule has 0 atom stereocenters. The molecule has 3 rings (SSSR count). The van der Waals surface area contributed by atoms with Gasteiger partial charge in [-0.05, 0) is 11.6 Å². The van der Waals surface area contributed by atoms with Gasteiger partial charge >= 0.3 is 0 Å². The van der Waals surface area contributed by atoms with Crippen molar-refractivity contribution in [2.24, 2.45) is 0 Å². The molecule has 0 saturated carbocycles. The van der Waals surface area contributed by atoms with E-state index in [1.165, 1.54) is 23.1 Å². The van der Waals surface area contributed by atoms with E-state index in [9.17, 15) is 19.7 Å². The van der Waals surface area contributed by atoms with Gasteiger partial charge in [-0.25, -0.2) is 0 Å². The number of hydrogen-bond acceptors (Lipinski definition) is 4. The van der Waals surface area contributed by atoms with E-state index in [1.807, 2.05) is 6.07 Å². The van der Waals surface area contributed by atoms with Crippen LogP contribution in [0.25, 0.3) is 0 Å². The highest BCUT2D eigenvalue weighted by atomic mass is 16.6. The molecule has 1 aliphatic heterocycles. The zero-order chi connectivity index (χ0) is 15.0. The van der Waals surface area contributed by atoms with Gasteiger partial charge in [-0.1, -0.05) is 36.4 Å². The van der Waals surface area contributed by atoms with E-state index in [2.05, 4.69) is 0 Å². The fraction of sp³-hybridized carbons (Fsp3) is 0.0667. The summed E-state index contributed by atoms with van der Waals surface area (Å²) in [5, 5.41) is 11.1. The number of rotatable bonds is 3. The van der Waals surface area contributed by atoms with Crippen molar-refractivity contribution in [2.75, 3.05) is 4.90 Å². The molecule has 21 heavy (non-hydrogen) atoms. The molecule has 0 aliphatic carbocycles. The van der Waals surface area contributed by atoms with Gasteiger partial charge in [-0.2, -0.15) is 0 Å². The van der Waals surface area contributed by atoms with Crippen LogP contribution < -0.4 is 4.90 Å². The molecule has 104 valence electrons. The first-order chi connectivity index (χ1) is 10.1. The van der Waals surface area contributed by atoms with Gasteiger partial charge in [0.2, 0.25) is 0 Å². The molecule has 1 aliphatic rings. The first-order valence-corrected chi connectivity index (χ1v) is 6.27. The number of fused-ring (bicyclic) bond motifs is 1. The van der Waals surface area contributed by atoms with Gasteiger partial charge in [0.15, 0.2) is 0 Å². The van der Waals surface area contributed by atoms with E-state index in [0.29, 0.717) is 0 Å². The van der Waals surface area contributed by atoms with E-state index in [0.717, 1.165) is 5.56 Å². The highest BCUT2D eigenvalue weighted by molar-refractivity contribution is 6.52. The predicted octanol–water partition coefficient (Wildman–Crippen LogP) is 2.32. The second kappa shape index (κ2) is 4.82. The third-order valence-corrected chi connectivity index (χ3v) is 3.35. The molecule has 0 spiro atoms. The predicted molar refractivity (Wildman–Crippen MR) is 75.1 cm³/mol. The smallest absolute Gasteiger partial charge is 0.294 e. The minimum Gasteiger partial charge on any atom is -0.294 e. The molecule has 0 saturated heterocycles. The Morgan fingerprint density at radius 3 is 2.38 bits per heavy atom. The Hall–Kier alpha value is -3.02. The highest BCUT2D eigenvalue weighted by Crippen LogP contribution is 2.38. The number of anilines is 1. The van der Waals surface area contributed by atoms with Gasteiger partial charge < -0.3 is 0 Å². The molecule has 2 aromatic rings. The lowest BCUT2D eigenvalue weighted by Gasteiger charge is -2.16. The van der Waals surface area contributed by atoms with Crippen LogP contribution in [0.5, 0.6) is 0 Å². The summed E-state index contributed by atoms with van der Waals surface area (Å²) >= 11 is 0. The quantitative estimate of drug-likeness (QED) is 0.491. The average Bonchev–Trinajstić information content (AvgIpc) is 2.73. The second-order valence-electron chi connectivity index (χ2n) is 4.64. The molecular weight excluding hydrogens is 272 g/mol. The first kappa shape index (κ1) is 13.0. The van der Waals surface area contributed by atoms with Crippen LogP contribution in [0, 0.1) is 10.1 Å². The number of carbonyl (C=O) groups excluding carboxylic acids is 2. The first-order valence-electron chi connectivity index (χ1n) is 6.27. The molecule has 0 N–H and O–H groups in total. The highest BCUT2D eigenvalue weighted by Gasteiger charge is 2.40. The lowest BCUT2D eigenvalue weighted by Crippen LogP contribution is -2.29. The van der Waals surface area contributed by atoms with E-state index >= 15 is 0 Å². The molecular formula is C15H10N2O4. The molecule has 1 amide bonds. The summed E-state index contributed by atoms with van der Waals surface area (Å²) in [5.74, 6) is -1.44. The van der Waals surface area contributed by atoms with Crippen molar-refractivity contribution in [1.82, 2.24) is 0 Å². The number of ketones is 1. The van der Waals surface area contributed by atoms with Gasteiger partial charge in [0.25, 0.3) is 17.4 Å². The van der Waals surface area contributed by atoms with Gasteiger partial charge in [0.05, 0.1) is 17.0 Å². The minimum atomic E-state index is -0.733. The Bertz CT molecular complexity index is 756. The molecule has 0 bridgehead atoms. The molecule has 2 aromatic carbocycles. The van der Waals surface area contributed by atoms with Crippen molar-refractivity contribution in [3.63, 3.8) is 0 Å². The molecule has 0 unspecified atom stereocenters. The largest absolute Gasteiger partial charge is 0.299 e. The molecule has 0 fully saturated rings. The summed E-state index contributed by atoms with van der Waals surface area (Å²) in [6.07, 6.45) is 0. The van der Waals surface area contributed by atoms with Gasteiger partial charge in [-0.15, -0.1) is 0 Å². The van der Waals surface area contributed by atoms with Gasteiger partial charge in [-0.3, -0.25) is 24.6 Å². The van der Waals surface area contributed by atoms with Crippen LogP contribution in [-0.4, -0.2) is 16.6 Å². The molecule has 0 aromatic heterocycles. The number of Topliss-reactive ketones (excluding diaryl/α,β-unsaturated/α-hetero) is 1. The summed E-state index contributed by atoms with van der Waals surface area (Å²) in [5.41, 5.74) is 0.735. The Balaban J connectivity index is 2.10. The van der Waals surface area contributed by atoms with Crippen molar-refractivity contribution in [3.05, 3.63) is 69.8 Å². The molecule has 0 radical (unpaired) electrons. The Morgan fingerprint density at radius 2 is 1.71 bits per heavy atom. The maximum Gasteiger partial charge on any atom is 0.299 e. The molecule has 6 nitrogen and oxygen atoms in total. The van der Waals surface area contributed by atoms with E-state index < -0.39 is 16.6 Å². The number of nitrogens with zero attached hydrogens (tertiary/aromatic N) is 2. The standard InChI is InChI=1S/C15H10N2O4/c18-14-11-7-4-8-12(17(20)21)13(11)16(15(14)19)9-10-5-2-1-3-6-10/h1-8H,9H2.